The number of anilines is 2. The number of carbonyl (C=O) groups excluding carboxylic acids is 1. The molecule has 4 aromatic rings. The zero-order valence-electron chi connectivity index (χ0n) is 25.7. The molecule has 0 atom stereocenters. The van der Waals surface area contributed by atoms with Crippen molar-refractivity contribution in [3.63, 3.8) is 0 Å². The molecule has 0 aliphatic carbocycles. The molecule has 1 amide bonds. The molecule has 6 rings (SSSR count). The number of fused-ring (bicyclic) bond motifs is 1. The van der Waals surface area contributed by atoms with E-state index in [4.69, 9.17) is 5.41 Å². The number of rotatable bonds is 11. The van der Waals surface area contributed by atoms with Gasteiger partial charge in [-0.3, -0.25) is 10.2 Å². The van der Waals surface area contributed by atoms with Gasteiger partial charge in [0, 0.05) is 31.7 Å². The Kier molecular flexibility index (Phi) is 10.3. The van der Waals surface area contributed by atoms with Crippen LogP contribution in [-0.4, -0.2) is 73.6 Å². The highest BCUT2D eigenvalue weighted by molar-refractivity contribution is 7.95. The average Bonchev–Trinajstić information content (AvgIpc) is 3.67. The van der Waals surface area contributed by atoms with Crippen molar-refractivity contribution < 1.29 is 25.0 Å². The van der Waals surface area contributed by atoms with Gasteiger partial charge >= 0.3 is 0 Å². The van der Waals surface area contributed by atoms with Crippen molar-refractivity contribution in [3.05, 3.63) is 82.6 Å². The second-order valence-electron chi connectivity index (χ2n) is 11.2. The number of hydrogen-bond acceptors (Lipinski definition) is 12. The number of imidazole rings is 1. The van der Waals surface area contributed by atoms with E-state index in [1.165, 1.54) is 35.4 Å². The molecule has 48 heavy (non-hydrogen) atoms. The number of piperazine rings is 1. The van der Waals surface area contributed by atoms with Crippen LogP contribution in [0.2, 0.25) is 0 Å². The summed E-state index contributed by atoms with van der Waals surface area (Å²) in [5, 5.41) is 8.94. The molecule has 11 nitrogen and oxygen atoms in total. The Morgan fingerprint density at radius 3 is 2.52 bits per heavy atom. The maximum absolute atomic E-state index is 14.6. The van der Waals surface area contributed by atoms with Crippen molar-refractivity contribution in [3.8, 4) is 16.9 Å². The van der Waals surface area contributed by atoms with Gasteiger partial charge in [-0.25, -0.2) is 23.3 Å². The molecule has 2 aromatic heterocycles. The van der Waals surface area contributed by atoms with Crippen molar-refractivity contribution >= 4 is 60.2 Å². The minimum Gasteiger partial charge on any atom is -0.394 e. The van der Waals surface area contributed by atoms with Crippen LogP contribution in [0.5, 0.6) is 5.75 Å². The van der Waals surface area contributed by atoms with E-state index < -0.39 is 18.2 Å². The maximum atomic E-state index is 14.6. The van der Waals surface area contributed by atoms with E-state index >= 15 is 0 Å². The van der Waals surface area contributed by atoms with Crippen LogP contribution < -0.4 is 13.8 Å². The standard InChI is InChI=1S/C30H29F4N9O2S3/c1-3-17-11-26(45-48-34)21(31)12-20(17)18-4-5-19(22(10-18)39-46-32)28(35)29-38-24-15-42(16-25(24)43(29)47-33)30(44)23-13-37-27(14-36-23)41-8-6-40(2)7-9-41/h4-5,10-14,35,39H,3,6-9,15-16H2,1-2H3. The molecule has 18 heteroatoms. The Labute approximate surface area is 287 Å². The van der Waals surface area contributed by atoms with E-state index in [-0.39, 0.29) is 77.9 Å². The van der Waals surface area contributed by atoms with E-state index in [0.717, 1.165) is 30.2 Å². The van der Waals surface area contributed by atoms with Gasteiger partial charge in [-0.1, -0.05) is 13.0 Å². The number of halogens is 4. The van der Waals surface area contributed by atoms with E-state index in [1.807, 2.05) is 6.92 Å². The van der Waals surface area contributed by atoms with Gasteiger partial charge in [-0.15, -0.1) is 11.7 Å². The minimum atomic E-state index is -0.780. The fourth-order valence-electron chi connectivity index (χ4n) is 5.78. The Hall–Kier alpha value is -4.00. The molecule has 2 aliphatic heterocycles. The van der Waals surface area contributed by atoms with Crippen LogP contribution in [0, 0.1) is 11.2 Å². The van der Waals surface area contributed by atoms with E-state index in [2.05, 4.69) is 40.7 Å². The molecule has 252 valence electrons. The summed E-state index contributed by atoms with van der Waals surface area (Å²) < 4.78 is 63.6. The van der Waals surface area contributed by atoms with Gasteiger partial charge in [0.25, 0.3) is 18.3 Å². The quantitative estimate of drug-likeness (QED) is 0.0756. The number of hydrogen-bond donors (Lipinski definition) is 2. The zero-order chi connectivity index (χ0) is 33.9. The zero-order valence-corrected chi connectivity index (χ0v) is 28.1. The van der Waals surface area contributed by atoms with Crippen LogP contribution in [0.15, 0.2) is 42.7 Å². The molecule has 1 saturated heterocycles. The molecule has 0 bridgehead atoms. The third-order valence-corrected chi connectivity index (χ3v) is 9.44. The predicted molar refractivity (Wildman–Crippen MR) is 180 cm³/mol. The highest BCUT2D eigenvalue weighted by Crippen LogP contribution is 2.36. The normalized spacial score (nSPS) is 14.7. The first-order valence-corrected chi connectivity index (χ1v) is 16.8. The molecule has 0 spiro atoms. The second kappa shape index (κ2) is 14.6. The van der Waals surface area contributed by atoms with Crippen molar-refractivity contribution in [1.82, 2.24) is 28.7 Å². The van der Waals surface area contributed by atoms with Crippen molar-refractivity contribution in [1.29, 1.82) is 5.41 Å². The summed E-state index contributed by atoms with van der Waals surface area (Å²) in [7, 11) is 2.06. The van der Waals surface area contributed by atoms with Gasteiger partial charge in [-0.2, -0.15) is 0 Å². The molecular formula is C30H29F4N9O2S3. The maximum Gasteiger partial charge on any atom is 0.274 e. The Bertz CT molecular complexity index is 1840. The summed E-state index contributed by atoms with van der Waals surface area (Å²) >= 11 is -0.817. The highest BCUT2D eigenvalue weighted by Gasteiger charge is 2.33. The Morgan fingerprint density at radius 1 is 1.06 bits per heavy atom. The molecule has 0 radical (unpaired) electrons. The molecule has 2 N–H and O–H groups in total. The van der Waals surface area contributed by atoms with Crippen LogP contribution >= 0.6 is 37.1 Å². The SMILES string of the molecule is CCc1cc(OSF)c(F)cc1-c1ccc(C(=N)c2nc3c(n2SF)CN(C(=O)c2cnc(N4CCN(C)CC4)cn2)C3)c(NSF)c1. The summed E-state index contributed by atoms with van der Waals surface area (Å²) in [6.45, 7) is 5.38. The number of aryl methyl sites for hydroxylation is 1. The van der Waals surface area contributed by atoms with E-state index in [0.29, 0.717) is 40.3 Å². The van der Waals surface area contributed by atoms with Gasteiger partial charge in [0.15, 0.2) is 42.1 Å². The second-order valence-corrected chi connectivity index (χ2v) is 12.3. The fraction of sp³-hybridized carbons (Fsp3) is 0.300. The monoisotopic (exact) mass is 719 g/mol. The number of nitrogens with one attached hydrogen (secondary N) is 2. The van der Waals surface area contributed by atoms with Crippen LogP contribution in [0.1, 0.15) is 45.8 Å². The summed E-state index contributed by atoms with van der Waals surface area (Å²) in [4.78, 5) is 32.4. The number of benzene rings is 2. The van der Waals surface area contributed by atoms with Crippen molar-refractivity contribution in [2.24, 2.45) is 0 Å². The largest absolute Gasteiger partial charge is 0.394 e. The van der Waals surface area contributed by atoms with Crippen LogP contribution in [-0.2, 0) is 19.5 Å². The molecule has 2 aromatic carbocycles. The van der Waals surface area contributed by atoms with Crippen molar-refractivity contribution in [2.45, 2.75) is 26.4 Å². The highest BCUT2D eigenvalue weighted by atomic mass is 32.2. The van der Waals surface area contributed by atoms with E-state index in [1.54, 1.807) is 12.3 Å². The fourth-order valence-corrected chi connectivity index (χ4v) is 6.67. The third-order valence-electron chi connectivity index (χ3n) is 8.37. The van der Waals surface area contributed by atoms with Crippen LogP contribution in [0.3, 0.4) is 0 Å². The van der Waals surface area contributed by atoms with Gasteiger partial charge < -0.3 is 23.6 Å². The number of likely N-dealkylation sites (N-methyl/N-ethyl adjacent to an activating group) is 1. The lowest BCUT2D eigenvalue weighted by Gasteiger charge is -2.32. The van der Waals surface area contributed by atoms with Gasteiger partial charge in [0.1, 0.15) is 17.2 Å². The lowest BCUT2D eigenvalue weighted by molar-refractivity contribution is 0.0742. The topological polar surface area (TPSA) is 116 Å². The lowest BCUT2D eigenvalue weighted by atomic mass is 9.95. The van der Waals surface area contributed by atoms with Gasteiger partial charge in [0.05, 0.1) is 42.6 Å². The molecule has 0 unspecified atom stereocenters. The first-order valence-electron chi connectivity index (χ1n) is 14.8. The van der Waals surface area contributed by atoms with Crippen LogP contribution in [0.25, 0.3) is 11.1 Å². The minimum absolute atomic E-state index is 0.0268. The smallest absolute Gasteiger partial charge is 0.274 e. The lowest BCUT2D eigenvalue weighted by Crippen LogP contribution is -2.44. The molecule has 2 aliphatic rings. The van der Waals surface area contributed by atoms with Gasteiger partial charge in [-0.05, 0) is 54.4 Å². The van der Waals surface area contributed by atoms with Crippen molar-refractivity contribution in [2.75, 3.05) is 42.8 Å². The number of aromatic nitrogens is 4. The molecule has 1 fully saturated rings. The first kappa shape index (κ1) is 33.9. The number of amides is 1. The predicted octanol–water partition coefficient (Wildman–Crippen LogP) is 6.60. The van der Waals surface area contributed by atoms with E-state index in [9.17, 15) is 20.8 Å². The molecule has 0 saturated carbocycles. The summed E-state index contributed by atoms with van der Waals surface area (Å²) in [5.74, 6) is -0.750. The average molecular weight is 720 g/mol. The first-order chi connectivity index (χ1) is 23.3. The van der Waals surface area contributed by atoms with Crippen LogP contribution in [0.4, 0.5) is 27.6 Å². The summed E-state index contributed by atoms with van der Waals surface area (Å²) in [5.41, 5.74) is 2.76. The number of nitrogens with zero attached hydrogens (tertiary/aromatic N) is 7. The summed E-state index contributed by atoms with van der Waals surface area (Å²) in [6, 6.07) is 7.29. The molecular weight excluding hydrogens is 691 g/mol. The number of carbonyl (C=O) groups is 1. The Balaban J connectivity index is 1.22. The summed E-state index contributed by atoms with van der Waals surface area (Å²) in [6.07, 6.45) is 3.49. The Morgan fingerprint density at radius 2 is 1.85 bits per heavy atom. The third kappa shape index (κ3) is 6.65. The van der Waals surface area contributed by atoms with Gasteiger partial charge in [0.2, 0.25) is 0 Å². The molecule has 4 heterocycles.